The predicted molar refractivity (Wildman–Crippen MR) is 68.9 cm³/mol. The van der Waals surface area contributed by atoms with E-state index in [4.69, 9.17) is 0 Å². The predicted octanol–water partition coefficient (Wildman–Crippen LogP) is 3.40. The Balaban J connectivity index is 2.49. The van der Waals surface area contributed by atoms with Gasteiger partial charge in [0.15, 0.2) is 0 Å². The van der Waals surface area contributed by atoms with Gasteiger partial charge in [0, 0.05) is 22.4 Å². The fraction of sp³-hybridized carbons (Fsp3) is 0. The van der Waals surface area contributed by atoms with Gasteiger partial charge in [0.25, 0.3) is 0 Å². The second-order valence-corrected chi connectivity index (χ2v) is 4.23. The average molecular weight is 237 g/mol. The molecule has 0 aliphatic carbocycles. The Labute approximate surface area is 101 Å². The third kappa shape index (κ3) is 1.07. The molecule has 0 bridgehead atoms. The molecule has 1 N–H and O–H groups in total. The van der Waals surface area contributed by atoms with Crippen molar-refractivity contribution < 1.29 is 4.39 Å². The summed E-state index contributed by atoms with van der Waals surface area (Å²) in [4.78, 5) is 3.75. The van der Waals surface area contributed by atoms with Crippen LogP contribution in [0.25, 0.3) is 32.4 Å². The van der Waals surface area contributed by atoms with Crippen molar-refractivity contribution in [2.24, 2.45) is 0 Å². The van der Waals surface area contributed by atoms with Crippen molar-refractivity contribution in [3.63, 3.8) is 0 Å². The average Bonchev–Trinajstić information content (AvgIpc) is 2.88. The first-order valence-electron chi connectivity index (χ1n) is 5.64. The van der Waals surface area contributed by atoms with Crippen molar-refractivity contribution in [1.29, 1.82) is 0 Å². The van der Waals surface area contributed by atoms with Crippen LogP contribution >= 0.6 is 0 Å². The lowest BCUT2D eigenvalue weighted by atomic mass is 10.00. The number of halogens is 1. The summed E-state index contributed by atoms with van der Waals surface area (Å²) in [6.07, 6.45) is 3.21. The number of fused-ring (bicyclic) bond motifs is 6. The molecular formula is C14H8FN3. The normalized spacial score (nSPS) is 11.6. The van der Waals surface area contributed by atoms with Gasteiger partial charge in [-0.1, -0.05) is 24.3 Å². The summed E-state index contributed by atoms with van der Waals surface area (Å²) in [5.74, 6) is -0.438. The third-order valence-corrected chi connectivity index (χ3v) is 3.30. The lowest BCUT2D eigenvalue weighted by Crippen LogP contribution is -1.87. The van der Waals surface area contributed by atoms with Crippen LogP contribution in [-0.2, 0) is 0 Å². The molecule has 0 saturated heterocycles. The summed E-state index contributed by atoms with van der Waals surface area (Å²) >= 11 is 0. The van der Waals surface area contributed by atoms with Crippen LogP contribution in [-0.4, -0.2) is 15.2 Å². The molecule has 0 aliphatic rings. The molecule has 18 heavy (non-hydrogen) atoms. The zero-order valence-corrected chi connectivity index (χ0v) is 9.31. The number of aromatic amines is 1. The standard InChI is InChI=1S/C14H8FN3/c15-14-12-8-3-1-2-4-10(8)13-11(7-17-18-13)9(12)5-6-16-14/h1-7H,(H,17,18). The third-order valence-electron chi connectivity index (χ3n) is 3.30. The number of pyridine rings is 1. The fourth-order valence-electron chi connectivity index (χ4n) is 2.53. The number of H-pyrrole nitrogens is 1. The van der Waals surface area contributed by atoms with Crippen LogP contribution in [0.5, 0.6) is 0 Å². The van der Waals surface area contributed by atoms with Crippen molar-refractivity contribution in [1.82, 2.24) is 15.2 Å². The second-order valence-electron chi connectivity index (χ2n) is 4.23. The number of hydrogen-bond donors (Lipinski definition) is 1. The van der Waals surface area contributed by atoms with Gasteiger partial charge in [-0.05, 0) is 16.8 Å². The molecule has 4 heteroatoms. The van der Waals surface area contributed by atoms with Crippen LogP contribution < -0.4 is 0 Å². The number of hydrogen-bond acceptors (Lipinski definition) is 2. The van der Waals surface area contributed by atoms with E-state index in [1.807, 2.05) is 30.3 Å². The SMILES string of the molecule is Fc1nccc2c3cn[nH]c3c3ccccc3c12. The van der Waals surface area contributed by atoms with E-state index in [9.17, 15) is 4.39 Å². The molecule has 0 saturated carbocycles. The van der Waals surface area contributed by atoms with Gasteiger partial charge in [0.05, 0.1) is 11.7 Å². The molecule has 4 rings (SSSR count). The van der Waals surface area contributed by atoms with E-state index < -0.39 is 5.95 Å². The molecule has 0 atom stereocenters. The van der Waals surface area contributed by atoms with Gasteiger partial charge < -0.3 is 0 Å². The highest BCUT2D eigenvalue weighted by atomic mass is 19.1. The minimum atomic E-state index is -0.438. The van der Waals surface area contributed by atoms with E-state index in [1.54, 1.807) is 6.20 Å². The van der Waals surface area contributed by atoms with E-state index in [2.05, 4.69) is 15.2 Å². The Kier molecular flexibility index (Phi) is 1.73. The molecular weight excluding hydrogens is 229 g/mol. The Hall–Kier alpha value is -2.49. The van der Waals surface area contributed by atoms with Crippen LogP contribution in [0.3, 0.4) is 0 Å². The molecule has 2 aromatic heterocycles. The zero-order chi connectivity index (χ0) is 12.1. The molecule has 0 aliphatic heterocycles. The Morgan fingerprint density at radius 3 is 2.61 bits per heavy atom. The minimum absolute atomic E-state index is 0.438. The van der Waals surface area contributed by atoms with Crippen molar-refractivity contribution >= 4 is 32.4 Å². The van der Waals surface area contributed by atoms with E-state index in [0.29, 0.717) is 5.39 Å². The number of benzene rings is 2. The summed E-state index contributed by atoms with van der Waals surface area (Å²) in [7, 11) is 0. The van der Waals surface area contributed by atoms with Crippen molar-refractivity contribution in [3.05, 3.63) is 48.7 Å². The Morgan fingerprint density at radius 2 is 1.72 bits per heavy atom. The number of nitrogens with zero attached hydrogens (tertiary/aromatic N) is 2. The topological polar surface area (TPSA) is 41.6 Å². The molecule has 0 amide bonds. The van der Waals surface area contributed by atoms with Crippen molar-refractivity contribution in [3.8, 4) is 0 Å². The maximum absolute atomic E-state index is 14.0. The van der Waals surface area contributed by atoms with Gasteiger partial charge >= 0.3 is 0 Å². The highest BCUT2D eigenvalue weighted by molar-refractivity contribution is 6.23. The van der Waals surface area contributed by atoms with Gasteiger partial charge in [-0.25, -0.2) is 4.98 Å². The molecule has 0 fully saturated rings. The van der Waals surface area contributed by atoms with Crippen LogP contribution in [0.1, 0.15) is 0 Å². The smallest absolute Gasteiger partial charge is 0.221 e. The summed E-state index contributed by atoms with van der Waals surface area (Å²) in [6, 6.07) is 9.52. The van der Waals surface area contributed by atoms with E-state index in [0.717, 1.165) is 27.1 Å². The maximum atomic E-state index is 14.0. The first-order chi connectivity index (χ1) is 8.86. The van der Waals surface area contributed by atoms with Crippen LogP contribution in [0, 0.1) is 5.95 Å². The zero-order valence-electron chi connectivity index (χ0n) is 9.31. The van der Waals surface area contributed by atoms with Crippen LogP contribution in [0.4, 0.5) is 4.39 Å². The molecule has 86 valence electrons. The molecule has 0 spiro atoms. The highest BCUT2D eigenvalue weighted by Gasteiger charge is 2.12. The monoisotopic (exact) mass is 237 g/mol. The van der Waals surface area contributed by atoms with Crippen molar-refractivity contribution in [2.75, 3.05) is 0 Å². The molecule has 4 aromatic rings. The Bertz CT molecular complexity index is 895. The van der Waals surface area contributed by atoms with Gasteiger partial charge in [-0.15, -0.1) is 0 Å². The molecule has 0 unspecified atom stereocenters. The number of rotatable bonds is 0. The summed E-state index contributed by atoms with van der Waals surface area (Å²) in [6.45, 7) is 0. The fourth-order valence-corrected chi connectivity index (χ4v) is 2.53. The first kappa shape index (κ1) is 9.53. The van der Waals surface area contributed by atoms with E-state index in [1.165, 1.54) is 6.20 Å². The van der Waals surface area contributed by atoms with E-state index >= 15 is 0 Å². The van der Waals surface area contributed by atoms with Gasteiger partial charge in [-0.2, -0.15) is 9.49 Å². The maximum Gasteiger partial charge on any atom is 0.221 e. The quantitative estimate of drug-likeness (QED) is 0.376. The minimum Gasteiger partial charge on any atom is -0.277 e. The summed E-state index contributed by atoms with van der Waals surface area (Å²) in [5, 5.41) is 11.2. The molecule has 2 aromatic carbocycles. The largest absolute Gasteiger partial charge is 0.277 e. The van der Waals surface area contributed by atoms with Gasteiger partial charge in [-0.3, -0.25) is 5.10 Å². The lowest BCUT2D eigenvalue weighted by Gasteiger charge is -2.06. The number of nitrogens with one attached hydrogen (secondary N) is 1. The Morgan fingerprint density at radius 1 is 0.944 bits per heavy atom. The second kappa shape index (κ2) is 3.26. The number of aromatic nitrogens is 3. The molecule has 2 heterocycles. The summed E-state index contributed by atoms with van der Waals surface area (Å²) < 4.78 is 14.0. The van der Waals surface area contributed by atoms with Gasteiger partial charge in [0.1, 0.15) is 0 Å². The first-order valence-corrected chi connectivity index (χ1v) is 5.64. The lowest BCUT2D eigenvalue weighted by molar-refractivity contribution is 0.597. The van der Waals surface area contributed by atoms with Crippen molar-refractivity contribution in [2.45, 2.75) is 0 Å². The van der Waals surface area contributed by atoms with Crippen LogP contribution in [0.15, 0.2) is 42.7 Å². The van der Waals surface area contributed by atoms with E-state index in [-0.39, 0.29) is 0 Å². The van der Waals surface area contributed by atoms with Gasteiger partial charge in [0.2, 0.25) is 5.95 Å². The molecule has 0 radical (unpaired) electrons. The van der Waals surface area contributed by atoms with Crippen LogP contribution in [0.2, 0.25) is 0 Å². The highest BCUT2D eigenvalue weighted by Crippen LogP contribution is 2.34. The molecule has 3 nitrogen and oxygen atoms in total. The summed E-state index contributed by atoms with van der Waals surface area (Å²) in [5.41, 5.74) is 0.934.